The van der Waals surface area contributed by atoms with Crippen molar-refractivity contribution in [3.63, 3.8) is 0 Å². The van der Waals surface area contributed by atoms with Crippen LogP contribution in [0.15, 0.2) is 36.4 Å². The first kappa shape index (κ1) is 17.3. The van der Waals surface area contributed by atoms with Crippen LogP contribution in [0.3, 0.4) is 0 Å². The number of phenolic OH excluding ortho intramolecular Hbond substituents is 1. The monoisotopic (exact) mass is 396 g/mol. The number of carbonyl (C=O) groups is 1. The van der Waals surface area contributed by atoms with E-state index in [4.69, 9.17) is 9.47 Å². The fraction of sp³-hybridized carbons (Fsp3) is 0.286. The summed E-state index contributed by atoms with van der Waals surface area (Å²) in [5, 5.41) is 10.8. The number of benzene rings is 2. The molecule has 2 aliphatic rings. The molecule has 5 rings (SSSR count). The molecule has 7 heteroatoms. The lowest BCUT2D eigenvalue weighted by molar-refractivity contribution is 0.0803. The van der Waals surface area contributed by atoms with E-state index in [-0.39, 0.29) is 18.4 Å². The number of carbonyl (C=O) groups excluding carboxylic acids is 1. The van der Waals surface area contributed by atoms with Crippen LogP contribution in [0.2, 0.25) is 0 Å². The van der Waals surface area contributed by atoms with Crippen LogP contribution < -0.4 is 9.47 Å². The third-order valence-corrected chi connectivity index (χ3v) is 6.30. The summed E-state index contributed by atoms with van der Waals surface area (Å²) in [4.78, 5) is 15.1. The minimum Gasteiger partial charge on any atom is -0.508 e. The molecule has 3 heterocycles. The molecule has 144 valence electrons. The highest BCUT2D eigenvalue weighted by molar-refractivity contribution is 7.99. The van der Waals surface area contributed by atoms with E-state index in [2.05, 4.69) is 4.57 Å². The maximum absolute atomic E-state index is 13.2. The largest absolute Gasteiger partial charge is 0.508 e. The Hall–Kier alpha value is -2.80. The Bertz CT molecular complexity index is 1090. The number of aromatic hydroxyl groups is 1. The quantitative estimate of drug-likeness (QED) is 0.733. The topological polar surface area (TPSA) is 63.9 Å². The van der Waals surface area contributed by atoms with Crippen LogP contribution in [0.25, 0.3) is 10.9 Å². The van der Waals surface area contributed by atoms with E-state index >= 15 is 0 Å². The van der Waals surface area contributed by atoms with Gasteiger partial charge in [0.05, 0.1) is 11.4 Å². The van der Waals surface area contributed by atoms with Crippen LogP contribution in [0.4, 0.5) is 0 Å². The normalized spacial score (nSPS) is 15.5. The highest BCUT2D eigenvalue weighted by Gasteiger charge is 2.27. The fourth-order valence-electron chi connectivity index (χ4n) is 3.90. The van der Waals surface area contributed by atoms with Crippen molar-refractivity contribution >= 4 is 28.6 Å². The van der Waals surface area contributed by atoms with Gasteiger partial charge in [0.2, 0.25) is 6.79 Å². The number of ether oxygens (including phenoxy) is 2. The van der Waals surface area contributed by atoms with E-state index < -0.39 is 0 Å². The molecule has 1 fully saturated rings. The van der Waals surface area contributed by atoms with Gasteiger partial charge in [-0.3, -0.25) is 4.79 Å². The molecule has 3 aromatic rings. The summed E-state index contributed by atoms with van der Waals surface area (Å²) in [6.07, 6.45) is 0. The van der Waals surface area contributed by atoms with Gasteiger partial charge in [0.15, 0.2) is 11.5 Å². The molecular weight excluding hydrogens is 376 g/mol. The standard InChI is InChI=1S/C21H20N2O4S/c1-13-20(21(25)22-6-7-28-11-22)16-9-15(24)3-4-17(16)23(13)10-14-2-5-18-19(8-14)27-12-26-18/h2-5,8-9,24H,6-7,10-12H2,1H3. The summed E-state index contributed by atoms with van der Waals surface area (Å²) in [5.41, 5.74) is 3.57. The van der Waals surface area contributed by atoms with Crippen molar-refractivity contribution in [2.45, 2.75) is 13.5 Å². The van der Waals surface area contributed by atoms with Crippen molar-refractivity contribution in [2.24, 2.45) is 0 Å². The van der Waals surface area contributed by atoms with Gasteiger partial charge in [-0.05, 0) is 42.8 Å². The lowest BCUT2D eigenvalue weighted by Gasteiger charge is -2.15. The first-order valence-electron chi connectivity index (χ1n) is 9.19. The zero-order valence-corrected chi connectivity index (χ0v) is 16.3. The highest BCUT2D eigenvalue weighted by Crippen LogP contribution is 2.35. The van der Waals surface area contributed by atoms with Gasteiger partial charge < -0.3 is 24.0 Å². The Balaban J connectivity index is 1.60. The van der Waals surface area contributed by atoms with Gasteiger partial charge in [-0.15, -0.1) is 11.8 Å². The Morgan fingerprint density at radius 3 is 2.86 bits per heavy atom. The van der Waals surface area contributed by atoms with Crippen molar-refractivity contribution in [1.82, 2.24) is 9.47 Å². The van der Waals surface area contributed by atoms with Crippen molar-refractivity contribution in [1.29, 1.82) is 0 Å². The number of amides is 1. The van der Waals surface area contributed by atoms with Crippen LogP contribution >= 0.6 is 11.8 Å². The Kier molecular flexibility index (Phi) is 4.12. The second-order valence-corrected chi connectivity index (χ2v) is 8.12. The summed E-state index contributed by atoms with van der Waals surface area (Å²) in [6, 6.07) is 11.1. The second kappa shape index (κ2) is 6.67. The molecule has 1 N–H and O–H groups in total. The highest BCUT2D eigenvalue weighted by atomic mass is 32.2. The average molecular weight is 396 g/mol. The third kappa shape index (κ3) is 2.77. The van der Waals surface area contributed by atoms with E-state index in [0.717, 1.165) is 46.0 Å². The smallest absolute Gasteiger partial charge is 0.257 e. The molecule has 0 bridgehead atoms. The van der Waals surface area contributed by atoms with E-state index in [1.54, 1.807) is 23.9 Å². The second-order valence-electron chi connectivity index (χ2n) is 7.04. The third-order valence-electron chi connectivity index (χ3n) is 5.34. The Labute approximate surface area is 166 Å². The minimum atomic E-state index is 0.0301. The molecular formula is C21H20N2O4S. The number of rotatable bonds is 3. The predicted molar refractivity (Wildman–Crippen MR) is 108 cm³/mol. The van der Waals surface area contributed by atoms with Crippen LogP contribution in [-0.4, -0.2) is 45.4 Å². The molecule has 0 unspecified atom stereocenters. The summed E-state index contributed by atoms with van der Waals surface area (Å²) in [7, 11) is 0. The maximum atomic E-state index is 13.2. The minimum absolute atomic E-state index is 0.0301. The summed E-state index contributed by atoms with van der Waals surface area (Å²) >= 11 is 1.76. The lowest BCUT2D eigenvalue weighted by Crippen LogP contribution is -2.28. The van der Waals surface area contributed by atoms with Crippen molar-refractivity contribution in [3.05, 3.63) is 53.2 Å². The summed E-state index contributed by atoms with van der Waals surface area (Å²) in [6.45, 7) is 3.58. The van der Waals surface area contributed by atoms with Gasteiger partial charge in [-0.1, -0.05) is 6.07 Å². The SMILES string of the molecule is Cc1c(C(=O)N2CCSC2)c2cc(O)ccc2n1Cc1ccc2c(c1)OCO2. The van der Waals surface area contributed by atoms with Gasteiger partial charge in [-0.2, -0.15) is 0 Å². The van der Waals surface area contributed by atoms with E-state index in [9.17, 15) is 9.90 Å². The molecule has 2 aromatic carbocycles. The Morgan fingerprint density at radius 2 is 2.04 bits per heavy atom. The summed E-state index contributed by atoms with van der Waals surface area (Å²) in [5.74, 6) is 3.37. The zero-order valence-electron chi connectivity index (χ0n) is 15.5. The van der Waals surface area contributed by atoms with Gasteiger partial charge >= 0.3 is 0 Å². The molecule has 0 spiro atoms. The number of fused-ring (bicyclic) bond motifs is 2. The van der Waals surface area contributed by atoms with Gasteiger partial charge in [0.1, 0.15) is 5.75 Å². The number of phenols is 1. The predicted octanol–water partition coefficient (Wildman–Crippen LogP) is 3.58. The fourth-order valence-corrected chi connectivity index (χ4v) is 4.84. The van der Waals surface area contributed by atoms with E-state index in [1.807, 2.05) is 36.1 Å². The van der Waals surface area contributed by atoms with Gasteiger partial charge in [0, 0.05) is 35.4 Å². The van der Waals surface area contributed by atoms with Crippen molar-refractivity contribution in [3.8, 4) is 17.2 Å². The molecule has 0 radical (unpaired) electrons. The Morgan fingerprint density at radius 1 is 1.18 bits per heavy atom. The number of hydrogen-bond donors (Lipinski definition) is 1. The van der Waals surface area contributed by atoms with E-state index in [0.29, 0.717) is 18.0 Å². The first-order valence-corrected chi connectivity index (χ1v) is 10.3. The average Bonchev–Trinajstić information content (AvgIpc) is 3.42. The molecule has 0 atom stereocenters. The maximum Gasteiger partial charge on any atom is 0.257 e. The van der Waals surface area contributed by atoms with Crippen LogP contribution in [0, 0.1) is 6.92 Å². The number of nitrogens with zero attached hydrogens (tertiary/aromatic N) is 2. The first-order chi connectivity index (χ1) is 13.6. The van der Waals surface area contributed by atoms with Gasteiger partial charge in [0.25, 0.3) is 5.91 Å². The van der Waals surface area contributed by atoms with Crippen LogP contribution in [-0.2, 0) is 6.54 Å². The van der Waals surface area contributed by atoms with Crippen LogP contribution in [0.1, 0.15) is 21.6 Å². The number of aromatic nitrogens is 1. The van der Waals surface area contributed by atoms with E-state index in [1.165, 1.54) is 0 Å². The lowest BCUT2D eigenvalue weighted by atomic mass is 10.1. The van der Waals surface area contributed by atoms with Crippen molar-refractivity contribution < 1.29 is 19.4 Å². The number of thioether (sulfide) groups is 1. The molecule has 6 nitrogen and oxygen atoms in total. The van der Waals surface area contributed by atoms with Crippen molar-refractivity contribution in [2.75, 3.05) is 25.0 Å². The molecule has 0 saturated carbocycles. The molecule has 1 amide bonds. The van der Waals surface area contributed by atoms with Gasteiger partial charge in [-0.25, -0.2) is 0 Å². The molecule has 2 aliphatic heterocycles. The van der Waals surface area contributed by atoms with Crippen LogP contribution in [0.5, 0.6) is 17.2 Å². The zero-order chi connectivity index (χ0) is 19.3. The molecule has 0 aliphatic carbocycles. The molecule has 1 saturated heterocycles. The number of hydrogen-bond acceptors (Lipinski definition) is 5. The molecule has 1 aromatic heterocycles. The summed E-state index contributed by atoms with van der Waals surface area (Å²) < 4.78 is 13.0. The molecule has 28 heavy (non-hydrogen) atoms.